The third-order valence-corrected chi connectivity index (χ3v) is 4.68. The lowest BCUT2D eigenvalue weighted by molar-refractivity contribution is -0.129. The number of carbonyl (C=O) groups excluding carboxylic acids is 2. The van der Waals surface area contributed by atoms with Gasteiger partial charge in [-0.15, -0.1) is 0 Å². The number of halogens is 1. The van der Waals surface area contributed by atoms with E-state index in [2.05, 4.69) is 5.32 Å². The fraction of sp³-hybridized carbons (Fsp3) is 0.263. The Morgan fingerprint density at radius 3 is 2.71 bits per heavy atom. The predicted molar refractivity (Wildman–Crippen MR) is 96.5 cm³/mol. The number of hydrogen-bond acceptors (Lipinski definition) is 2. The molecule has 0 spiro atoms. The number of hydrogen-bond donors (Lipinski definition) is 1. The Morgan fingerprint density at radius 1 is 1.21 bits per heavy atom. The molecule has 4 nitrogen and oxygen atoms in total. The van der Waals surface area contributed by atoms with Crippen LogP contribution in [-0.2, 0) is 9.59 Å². The quantitative estimate of drug-likeness (QED) is 0.859. The lowest BCUT2D eigenvalue weighted by Gasteiger charge is -2.17. The van der Waals surface area contributed by atoms with Crippen LogP contribution in [0.25, 0.3) is 0 Å². The minimum Gasteiger partial charge on any atom is -0.325 e. The molecule has 0 radical (unpaired) electrons. The van der Waals surface area contributed by atoms with Gasteiger partial charge in [-0.1, -0.05) is 29.8 Å². The van der Waals surface area contributed by atoms with Crippen molar-refractivity contribution in [1.82, 2.24) is 0 Å². The molecule has 1 heterocycles. The van der Waals surface area contributed by atoms with Crippen LogP contribution in [-0.4, -0.2) is 18.4 Å². The van der Waals surface area contributed by atoms with Gasteiger partial charge in [-0.05, 0) is 55.7 Å². The molecule has 5 heteroatoms. The van der Waals surface area contributed by atoms with Gasteiger partial charge in [0.2, 0.25) is 11.8 Å². The first-order chi connectivity index (χ1) is 11.5. The molecular weight excluding hydrogens is 324 g/mol. The molecule has 0 aliphatic carbocycles. The van der Waals surface area contributed by atoms with Gasteiger partial charge in [-0.25, -0.2) is 0 Å². The highest BCUT2D eigenvalue weighted by Crippen LogP contribution is 2.29. The number of amides is 2. The highest BCUT2D eigenvalue weighted by Gasteiger charge is 2.37. The SMILES string of the molecule is Cc1cccc(NC(=O)C2CCN(c3ccc(C)c(Cl)c3)C2=O)c1. The highest BCUT2D eigenvalue weighted by molar-refractivity contribution is 6.31. The molecule has 1 aliphatic heterocycles. The third-order valence-electron chi connectivity index (χ3n) is 4.27. The molecule has 1 N–H and O–H groups in total. The van der Waals surface area contributed by atoms with Crippen LogP contribution in [0.4, 0.5) is 11.4 Å². The average Bonchev–Trinajstić information content (AvgIpc) is 2.92. The van der Waals surface area contributed by atoms with Gasteiger partial charge in [0, 0.05) is 22.9 Å². The van der Waals surface area contributed by atoms with Gasteiger partial charge in [-0.3, -0.25) is 9.59 Å². The van der Waals surface area contributed by atoms with Gasteiger partial charge in [0.1, 0.15) is 5.92 Å². The smallest absolute Gasteiger partial charge is 0.239 e. The summed E-state index contributed by atoms with van der Waals surface area (Å²) in [7, 11) is 0. The van der Waals surface area contributed by atoms with Crippen molar-refractivity contribution in [3.05, 3.63) is 58.6 Å². The Kier molecular flexibility index (Phi) is 4.58. The van der Waals surface area contributed by atoms with Crippen molar-refractivity contribution in [2.45, 2.75) is 20.3 Å². The number of benzene rings is 2. The minimum absolute atomic E-state index is 0.180. The van der Waals surface area contributed by atoms with Gasteiger partial charge >= 0.3 is 0 Å². The molecular formula is C19H19ClN2O2. The molecule has 1 saturated heterocycles. The first-order valence-electron chi connectivity index (χ1n) is 7.91. The van der Waals surface area contributed by atoms with E-state index in [1.165, 1.54) is 0 Å². The Labute approximate surface area is 146 Å². The molecule has 1 atom stereocenters. The van der Waals surface area contributed by atoms with Gasteiger partial charge in [0.15, 0.2) is 0 Å². The van der Waals surface area contributed by atoms with Crippen LogP contribution in [0.15, 0.2) is 42.5 Å². The topological polar surface area (TPSA) is 49.4 Å². The highest BCUT2D eigenvalue weighted by atomic mass is 35.5. The summed E-state index contributed by atoms with van der Waals surface area (Å²) < 4.78 is 0. The Morgan fingerprint density at radius 2 is 2.00 bits per heavy atom. The maximum Gasteiger partial charge on any atom is 0.239 e. The number of anilines is 2. The van der Waals surface area contributed by atoms with Crippen molar-refractivity contribution in [3.8, 4) is 0 Å². The maximum atomic E-state index is 12.6. The van der Waals surface area contributed by atoms with Gasteiger partial charge in [0.25, 0.3) is 0 Å². The van der Waals surface area contributed by atoms with Crippen LogP contribution in [0.3, 0.4) is 0 Å². The van der Waals surface area contributed by atoms with Crippen LogP contribution in [0.2, 0.25) is 5.02 Å². The first-order valence-corrected chi connectivity index (χ1v) is 8.28. The second kappa shape index (κ2) is 6.65. The van der Waals surface area contributed by atoms with Crippen molar-refractivity contribution in [1.29, 1.82) is 0 Å². The van der Waals surface area contributed by atoms with E-state index in [0.29, 0.717) is 23.7 Å². The lowest BCUT2D eigenvalue weighted by Crippen LogP contribution is -2.33. The van der Waals surface area contributed by atoms with Crippen LogP contribution in [0, 0.1) is 19.8 Å². The van der Waals surface area contributed by atoms with Crippen molar-refractivity contribution >= 4 is 34.8 Å². The maximum absolute atomic E-state index is 12.6. The van der Waals surface area contributed by atoms with Crippen molar-refractivity contribution < 1.29 is 9.59 Å². The number of rotatable bonds is 3. The van der Waals surface area contributed by atoms with Gasteiger partial charge in [-0.2, -0.15) is 0 Å². The molecule has 2 amide bonds. The predicted octanol–water partition coefficient (Wildman–Crippen LogP) is 3.95. The molecule has 3 rings (SSSR count). The lowest BCUT2D eigenvalue weighted by atomic mass is 10.1. The molecule has 0 saturated carbocycles. The Balaban J connectivity index is 1.73. The zero-order valence-electron chi connectivity index (χ0n) is 13.7. The second-order valence-electron chi connectivity index (χ2n) is 6.12. The fourth-order valence-electron chi connectivity index (χ4n) is 2.88. The monoisotopic (exact) mass is 342 g/mol. The molecule has 1 aliphatic rings. The summed E-state index contributed by atoms with van der Waals surface area (Å²) >= 11 is 6.14. The van der Waals surface area contributed by atoms with E-state index in [-0.39, 0.29) is 11.8 Å². The van der Waals surface area contributed by atoms with E-state index in [0.717, 1.165) is 16.8 Å². The summed E-state index contributed by atoms with van der Waals surface area (Å²) in [5.74, 6) is -1.10. The summed E-state index contributed by atoms with van der Waals surface area (Å²) in [6, 6.07) is 13.1. The van der Waals surface area contributed by atoms with E-state index >= 15 is 0 Å². The van der Waals surface area contributed by atoms with Crippen molar-refractivity contribution in [2.75, 3.05) is 16.8 Å². The van der Waals surface area contributed by atoms with E-state index in [1.54, 1.807) is 11.0 Å². The fourth-order valence-corrected chi connectivity index (χ4v) is 3.06. The second-order valence-corrected chi connectivity index (χ2v) is 6.53. The molecule has 2 aromatic rings. The van der Waals surface area contributed by atoms with Crippen molar-refractivity contribution in [3.63, 3.8) is 0 Å². The number of carbonyl (C=O) groups is 2. The zero-order valence-corrected chi connectivity index (χ0v) is 14.4. The number of nitrogens with one attached hydrogen (secondary N) is 1. The standard InChI is InChI=1S/C19H19ClN2O2/c1-12-4-3-5-14(10-12)21-18(23)16-8-9-22(19(16)24)15-7-6-13(2)17(20)11-15/h3-7,10-11,16H,8-9H2,1-2H3,(H,21,23). The van der Waals surface area contributed by atoms with Gasteiger partial charge in [0.05, 0.1) is 0 Å². The van der Waals surface area contributed by atoms with Crippen molar-refractivity contribution in [2.24, 2.45) is 5.92 Å². The normalized spacial score (nSPS) is 17.2. The minimum atomic E-state index is -0.661. The van der Waals surface area contributed by atoms with Gasteiger partial charge < -0.3 is 10.2 Å². The summed E-state index contributed by atoms with van der Waals surface area (Å²) in [4.78, 5) is 26.7. The summed E-state index contributed by atoms with van der Waals surface area (Å²) in [5.41, 5.74) is 3.47. The first kappa shape index (κ1) is 16.5. The molecule has 124 valence electrons. The van der Waals surface area contributed by atoms with E-state index < -0.39 is 5.92 Å². The summed E-state index contributed by atoms with van der Waals surface area (Å²) in [5, 5.41) is 3.45. The Hall–Kier alpha value is -2.33. The molecule has 1 unspecified atom stereocenters. The summed E-state index contributed by atoms with van der Waals surface area (Å²) in [6.07, 6.45) is 0.502. The van der Waals surface area contributed by atoms with Crippen LogP contribution < -0.4 is 10.2 Å². The average molecular weight is 343 g/mol. The molecule has 24 heavy (non-hydrogen) atoms. The molecule has 0 aromatic heterocycles. The van der Waals surface area contributed by atoms with E-state index in [4.69, 9.17) is 11.6 Å². The summed E-state index contributed by atoms with van der Waals surface area (Å²) in [6.45, 7) is 4.39. The molecule has 1 fully saturated rings. The molecule has 2 aromatic carbocycles. The van der Waals surface area contributed by atoms with E-state index in [9.17, 15) is 9.59 Å². The van der Waals surface area contributed by atoms with Crippen LogP contribution in [0.1, 0.15) is 17.5 Å². The van der Waals surface area contributed by atoms with Crippen LogP contribution in [0.5, 0.6) is 0 Å². The number of aryl methyl sites for hydroxylation is 2. The van der Waals surface area contributed by atoms with Crippen LogP contribution >= 0.6 is 11.6 Å². The zero-order chi connectivity index (χ0) is 17.3. The Bertz CT molecular complexity index is 804. The largest absolute Gasteiger partial charge is 0.325 e. The third kappa shape index (κ3) is 3.29. The van der Waals surface area contributed by atoms with E-state index in [1.807, 2.05) is 50.2 Å². The number of nitrogens with zero attached hydrogens (tertiary/aromatic N) is 1. The molecule has 0 bridgehead atoms.